The van der Waals surface area contributed by atoms with Crippen molar-refractivity contribution in [3.63, 3.8) is 0 Å². The standard InChI is InChI=1S/C16H15Cl3N2O2/c17-12-3-1-11(2-4-12)7-8-20-16(22)21-10-23-15-6-5-13(18)9-14(15)19/h1-6,9H,7-8,10H2,(H2,20,21,22). The van der Waals surface area contributed by atoms with Crippen molar-refractivity contribution in [2.24, 2.45) is 0 Å². The molecule has 2 amide bonds. The van der Waals surface area contributed by atoms with Gasteiger partial charge in [-0.2, -0.15) is 0 Å². The topological polar surface area (TPSA) is 50.4 Å². The fraction of sp³-hybridized carbons (Fsp3) is 0.188. The molecule has 0 spiro atoms. The van der Waals surface area contributed by atoms with Gasteiger partial charge in [0.15, 0.2) is 6.73 Å². The number of carbonyl (C=O) groups is 1. The van der Waals surface area contributed by atoms with Gasteiger partial charge in [0, 0.05) is 16.6 Å². The molecule has 0 radical (unpaired) electrons. The quantitative estimate of drug-likeness (QED) is 0.731. The summed E-state index contributed by atoms with van der Waals surface area (Å²) in [5, 5.41) is 6.93. The second kappa shape index (κ2) is 8.87. The van der Waals surface area contributed by atoms with Gasteiger partial charge < -0.3 is 15.4 Å². The molecule has 0 atom stereocenters. The molecule has 0 unspecified atom stereocenters. The third-order valence-corrected chi connectivity index (χ3v) is 3.75. The van der Waals surface area contributed by atoms with Gasteiger partial charge in [0.25, 0.3) is 0 Å². The van der Waals surface area contributed by atoms with Gasteiger partial charge in [-0.25, -0.2) is 4.79 Å². The van der Waals surface area contributed by atoms with E-state index >= 15 is 0 Å². The molecule has 0 fully saturated rings. The summed E-state index contributed by atoms with van der Waals surface area (Å²) in [7, 11) is 0. The van der Waals surface area contributed by atoms with Crippen molar-refractivity contribution in [2.75, 3.05) is 13.3 Å². The predicted octanol–water partition coefficient (Wildman–Crippen LogP) is 4.53. The van der Waals surface area contributed by atoms with Gasteiger partial charge >= 0.3 is 6.03 Å². The zero-order chi connectivity index (χ0) is 16.7. The van der Waals surface area contributed by atoms with Crippen LogP contribution in [0.5, 0.6) is 5.75 Å². The zero-order valence-corrected chi connectivity index (χ0v) is 14.4. The van der Waals surface area contributed by atoms with Gasteiger partial charge in [-0.15, -0.1) is 0 Å². The average molecular weight is 374 g/mol. The van der Waals surface area contributed by atoms with E-state index in [1.165, 1.54) is 0 Å². The molecule has 23 heavy (non-hydrogen) atoms. The lowest BCUT2D eigenvalue weighted by Crippen LogP contribution is -2.38. The molecule has 0 aliphatic rings. The van der Waals surface area contributed by atoms with Crippen LogP contribution in [0.4, 0.5) is 4.79 Å². The van der Waals surface area contributed by atoms with Crippen LogP contribution in [0.3, 0.4) is 0 Å². The first-order chi connectivity index (χ1) is 11.0. The highest BCUT2D eigenvalue weighted by Crippen LogP contribution is 2.27. The van der Waals surface area contributed by atoms with E-state index in [0.717, 1.165) is 5.56 Å². The number of carbonyl (C=O) groups excluding carboxylic acids is 1. The van der Waals surface area contributed by atoms with E-state index in [1.807, 2.05) is 24.3 Å². The molecule has 2 rings (SSSR count). The van der Waals surface area contributed by atoms with Gasteiger partial charge in [0.2, 0.25) is 0 Å². The number of nitrogens with one attached hydrogen (secondary N) is 2. The third-order valence-electron chi connectivity index (χ3n) is 2.97. The Kier molecular flexibility index (Phi) is 6.84. The SMILES string of the molecule is O=C(NCCc1ccc(Cl)cc1)NCOc1ccc(Cl)cc1Cl. The smallest absolute Gasteiger partial charge is 0.317 e. The second-order valence-electron chi connectivity index (χ2n) is 4.67. The molecule has 2 N–H and O–H groups in total. The van der Waals surface area contributed by atoms with E-state index < -0.39 is 0 Å². The van der Waals surface area contributed by atoms with Gasteiger partial charge in [-0.05, 0) is 42.3 Å². The fourth-order valence-electron chi connectivity index (χ4n) is 1.81. The van der Waals surface area contributed by atoms with Crippen molar-refractivity contribution in [3.05, 3.63) is 63.1 Å². The summed E-state index contributed by atoms with van der Waals surface area (Å²) in [6, 6.07) is 12.1. The normalized spacial score (nSPS) is 10.2. The number of urea groups is 1. The Hall–Kier alpha value is -1.62. The highest BCUT2D eigenvalue weighted by Gasteiger charge is 2.04. The van der Waals surface area contributed by atoms with Crippen molar-refractivity contribution in [1.29, 1.82) is 0 Å². The first kappa shape index (κ1) is 17.7. The van der Waals surface area contributed by atoms with Crippen LogP contribution in [0, 0.1) is 0 Å². The van der Waals surface area contributed by atoms with Crippen molar-refractivity contribution >= 4 is 40.8 Å². The van der Waals surface area contributed by atoms with Gasteiger partial charge in [-0.1, -0.05) is 46.9 Å². The number of rotatable bonds is 6. The van der Waals surface area contributed by atoms with E-state index in [2.05, 4.69) is 10.6 Å². The lowest BCUT2D eigenvalue weighted by atomic mass is 10.1. The molecule has 0 aliphatic heterocycles. The summed E-state index contributed by atoms with van der Waals surface area (Å²) in [4.78, 5) is 11.6. The molecule has 2 aromatic rings. The van der Waals surface area contributed by atoms with Gasteiger partial charge in [0.1, 0.15) is 5.75 Å². The fourth-order valence-corrected chi connectivity index (χ4v) is 2.39. The van der Waals surface area contributed by atoms with E-state index in [0.29, 0.717) is 33.8 Å². The maximum absolute atomic E-state index is 11.6. The summed E-state index contributed by atoms with van der Waals surface area (Å²) in [6.07, 6.45) is 0.717. The van der Waals surface area contributed by atoms with E-state index in [-0.39, 0.29) is 12.8 Å². The highest BCUT2D eigenvalue weighted by molar-refractivity contribution is 6.35. The van der Waals surface area contributed by atoms with Crippen LogP contribution in [0.1, 0.15) is 5.56 Å². The van der Waals surface area contributed by atoms with E-state index in [4.69, 9.17) is 39.5 Å². The van der Waals surface area contributed by atoms with Crippen LogP contribution in [0.2, 0.25) is 15.1 Å². The minimum Gasteiger partial charge on any atom is -0.472 e. The van der Waals surface area contributed by atoms with E-state index in [1.54, 1.807) is 18.2 Å². The molecule has 0 aliphatic carbocycles. The van der Waals surface area contributed by atoms with Crippen LogP contribution < -0.4 is 15.4 Å². The molecule has 2 aromatic carbocycles. The number of ether oxygens (including phenoxy) is 1. The number of hydrogen-bond acceptors (Lipinski definition) is 2. The molecule has 7 heteroatoms. The van der Waals surface area contributed by atoms with Crippen LogP contribution >= 0.6 is 34.8 Å². The Labute approximate surface area is 149 Å². The number of hydrogen-bond donors (Lipinski definition) is 2. The molecule has 0 saturated heterocycles. The highest BCUT2D eigenvalue weighted by atomic mass is 35.5. The summed E-state index contributed by atoms with van der Waals surface area (Å²) < 4.78 is 5.36. The molecular weight excluding hydrogens is 359 g/mol. The Morgan fingerprint density at radius 3 is 2.35 bits per heavy atom. The molecular formula is C16H15Cl3N2O2. The average Bonchev–Trinajstić information content (AvgIpc) is 2.51. The minimum atomic E-state index is -0.316. The van der Waals surface area contributed by atoms with Crippen molar-refractivity contribution in [2.45, 2.75) is 6.42 Å². The Morgan fingerprint density at radius 2 is 1.65 bits per heavy atom. The van der Waals surface area contributed by atoms with Gasteiger partial charge in [0.05, 0.1) is 5.02 Å². The van der Waals surface area contributed by atoms with Crippen molar-refractivity contribution < 1.29 is 9.53 Å². The Balaban J connectivity index is 1.66. The first-order valence-corrected chi connectivity index (χ1v) is 8.02. The second-order valence-corrected chi connectivity index (χ2v) is 5.95. The molecule has 0 saturated carbocycles. The van der Waals surface area contributed by atoms with Crippen molar-refractivity contribution in [1.82, 2.24) is 10.6 Å². The molecule has 4 nitrogen and oxygen atoms in total. The maximum Gasteiger partial charge on any atom is 0.317 e. The summed E-state index contributed by atoms with van der Waals surface area (Å²) in [5.74, 6) is 0.456. The van der Waals surface area contributed by atoms with Crippen LogP contribution in [-0.2, 0) is 6.42 Å². The summed E-state index contributed by atoms with van der Waals surface area (Å²) in [6.45, 7) is 0.517. The predicted molar refractivity (Wildman–Crippen MR) is 93.6 cm³/mol. The molecule has 0 bridgehead atoms. The number of amides is 2. The minimum absolute atomic E-state index is 0.00807. The molecule has 0 heterocycles. The summed E-state index contributed by atoms with van der Waals surface area (Å²) >= 11 is 17.6. The summed E-state index contributed by atoms with van der Waals surface area (Å²) in [5.41, 5.74) is 1.10. The molecule has 0 aromatic heterocycles. The lowest BCUT2D eigenvalue weighted by molar-refractivity contribution is 0.224. The maximum atomic E-state index is 11.6. The monoisotopic (exact) mass is 372 g/mol. The molecule has 122 valence electrons. The first-order valence-electron chi connectivity index (χ1n) is 6.88. The number of halogens is 3. The third kappa shape index (κ3) is 6.18. The van der Waals surface area contributed by atoms with Crippen LogP contribution in [0.25, 0.3) is 0 Å². The largest absolute Gasteiger partial charge is 0.472 e. The lowest BCUT2D eigenvalue weighted by Gasteiger charge is -2.10. The van der Waals surface area contributed by atoms with E-state index in [9.17, 15) is 4.79 Å². The van der Waals surface area contributed by atoms with Crippen molar-refractivity contribution in [3.8, 4) is 5.75 Å². The Morgan fingerprint density at radius 1 is 0.957 bits per heavy atom. The van der Waals surface area contributed by atoms with Crippen LogP contribution in [0.15, 0.2) is 42.5 Å². The van der Waals surface area contributed by atoms with Gasteiger partial charge in [-0.3, -0.25) is 0 Å². The number of benzene rings is 2. The Bertz CT molecular complexity index is 663. The van der Waals surface area contributed by atoms with Crippen LogP contribution in [-0.4, -0.2) is 19.3 Å². The zero-order valence-electron chi connectivity index (χ0n) is 12.1.